The van der Waals surface area contributed by atoms with E-state index in [9.17, 15) is 8.78 Å². The van der Waals surface area contributed by atoms with Crippen molar-refractivity contribution in [2.75, 3.05) is 6.61 Å². The minimum Gasteiger partial charge on any atom is -0.490 e. The van der Waals surface area contributed by atoms with Crippen molar-refractivity contribution in [3.63, 3.8) is 0 Å². The van der Waals surface area contributed by atoms with Crippen LogP contribution >= 0.6 is 0 Å². The number of halogens is 4. The van der Waals surface area contributed by atoms with E-state index in [0.29, 0.717) is 18.1 Å². The van der Waals surface area contributed by atoms with Gasteiger partial charge in [0.2, 0.25) is 5.82 Å². The van der Waals surface area contributed by atoms with Crippen molar-refractivity contribution in [2.24, 2.45) is 5.92 Å². The van der Waals surface area contributed by atoms with Crippen LogP contribution < -0.4 is 4.74 Å². The summed E-state index contributed by atoms with van der Waals surface area (Å²) >= 11 is 0. The molecule has 2 aromatic rings. The third-order valence-electron chi connectivity index (χ3n) is 7.71. The van der Waals surface area contributed by atoms with E-state index in [4.69, 9.17) is 4.74 Å². The van der Waals surface area contributed by atoms with Crippen molar-refractivity contribution in [3.8, 4) is 16.9 Å². The summed E-state index contributed by atoms with van der Waals surface area (Å²) in [7, 11) is 0. The van der Waals surface area contributed by atoms with Crippen molar-refractivity contribution in [2.45, 2.75) is 110 Å². The fraction of sp³-hybridized carbons (Fsp3) is 0.613. The average molecular weight is 507 g/mol. The minimum atomic E-state index is -1.21. The summed E-state index contributed by atoms with van der Waals surface area (Å²) in [6.07, 6.45) is 14.9. The highest BCUT2D eigenvalue weighted by Gasteiger charge is 2.27. The molecule has 0 bridgehead atoms. The lowest BCUT2D eigenvalue weighted by molar-refractivity contribution is 0.285. The molecule has 1 saturated carbocycles. The maximum absolute atomic E-state index is 15.1. The highest BCUT2D eigenvalue weighted by molar-refractivity contribution is 5.66. The van der Waals surface area contributed by atoms with Crippen molar-refractivity contribution in [3.05, 3.63) is 53.1 Å². The molecule has 0 aliphatic heterocycles. The van der Waals surface area contributed by atoms with Gasteiger partial charge in [-0.3, -0.25) is 0 Å². The first kappa shape index (κ1) is 28.5. The molecule has 2 aromatic carbocycles. The SMILES string of the molecule is CCCCCCCCCOc1ccc(-c2ccc(C3CCC(CCCC)CC3)c(F)c2F)c(F)c1F. The normalized spacial score (nSPS) is 17.9. The maximum Gasteiger partial charge on any atom is 0.201 e. The van der Waals surface area contributed by atoms with E-state index in [2.05, 4.69) is 13.8 Å². The molecular formula is C31H42F4O. The zero-order valence-corrected chi connectivity index (χ0v) is 22.0. The first-order valence-corrected chi connectivity index (χ1v) is 14.1. The highest BCUT2D eigenvalue weighted by atomic mass is 19.2. The van der Waals surface area contributed by atoms with E-state index in [0.717, 1.165) is 44.9 Å². The topological polar surface area (TPSA) is 9.23 Å². The Hall–Kier alpha value is -2.04. The molecule has 0 N–H and O–H groups in total. The molecule has 0 unspecified atom stereocenters. The molecule has 0 aromatic heterocycles. The van der Waals surface area contributed by atoms with Gasteiger partial charge in [-0.15, -0.1) is 0 Å². The van der Waals surface area contributed by atoms with Crippen LogP contribution in [0.5, 0.6) is 5.75 Å². The molecule has 36 heavy (non-hydrogen) atoms. The van der Waals surface area contributed by atoms with Gasteiger partial charge in [-0.25, -0.2) is 13.2 Å². The molecule has 200 valence electrons. The van der Waals surface area contributed by atoms with Crippen LogP contribution in [0.3, 0.4) is 0 Å². The summed E-state index contributed by atoms with van der Waals surface area (Å²) in [6.45, 7) is 4.65. The summed E-state index contributed by atoms with van der Waals surface area (Å²) in [4.78, 5) is 0. The van der Waals surface area contributed by atoms with Crippen LogP contribution in [0.25, 0.3) is 11.1 Å². The van der Waals surface area contributed by atoms with E-state index >= 15 is 8.78 Å². The number of hydrogen-bond acceptors (Lipinski definition) is 1. The zero-order chi connectivity index (χ0) is 25.9. The van der Waals surface area contributed by atoms with Crippen molar-refractivity contribution < 1.29 is 22.3 Å². The molecule has 3 rings (SSSR count). The van der Waals surface area contributed by atoms with Crippen LogP contribution in [0.2, 0.25) is 0 Å². The lowest BCUT2D eigenvalue weighted by Crippen LogP contribution is -2.15. The Labute approximate surface area is 214 Å². The second kappa shape index (κ2) is 14.6. The fourth-order valence-corrected chi connectivity index (χ4v) is 5.44. The second-order valence-corrected chi connectivity index (χ2v) is 10.4. The van der Waals surface area contributed by atoms with Gasteiger partial charge in [-0.1, -0.05) is 83.8 Å². The summed E-state index contributed by atoms with van der Waals surface area (Å²) in [5, 5.41) is 0. The second-order valence-electron chi connectivity index (χ2n) is 10.4. The summed E-state index contributed by atoms with van der Waals surface area (Å²) < 4.78 is 65.1. The molecule has 5 heteroatoms. The third kappa shape index (κ3) is 7.49. The van der Waals surface area contributed by atoms with Crippen LogP contribution in [0, 0.1) is 29.2 Å². The van der Waals surface area contributed by atoms with Crippen molar-refractivity contribution in [1.82, 2.24) is 0 Å². The van der Waals surface area contributed by atoms with E-state index in [1.54, 1.807) is 6.07 Å². The molecular weight excluding hydrogens is 464 g/mol. The lowest BCUT2D eigenvalue weighted by Gasteiger charge is -2.29. The van der Waals surface area contributed by atoms with Crippen molar-refractivity contribution >= 4 is 0 Å². The van der Waals surface area contributed by atoms with Crippen molar-refractivity contribution in [1.29, 1.82) is 0 Å². The van der Waals surface area contributed by atoms with Crippen LogP contribution in [0.1, 0.15) is 115 Å². The Kier molecular flexibility index (Phi) is 11.6. The van der Waals surface area contributed by atoms with Gasteiger partial charge in [0, 0.05) is 11.1 Å². The summed E-state index contributed by atoms with van der Waals surface area (Å²) in [6, 6.07) is 5.51. The van der Waals surface area contributed by atoms with Crippen LogP contribution in [-0.2, 0) is 0 Å². The number of benzene rings is 2. The van der Waals surface area contributed by atoms with Crippen LogP contribution in [0.15, 0.2) is 24.3 Å². The number of unbranched alkanes of at least 4 members (excludes halogenated alkanes) is 7. The minimum absolute atomic E-state index is 0.0320. The van der Waals surface area contributed by atoms with Gasteiger partial charge in [0.05, 0.1) is 6.61 Å². The van der Waals surface area contributed by atoms with Gasteiger partial charge in [0.1, 0.15) is 0 Å². The molecule has 1 aliphatic carbocycles. The maximum atomic E-state index is 15.1. The average Bonchev–Trinajstić information content (AvgIpc) is 2.89. The Morgan fingerprint density at radius 3 is 1.89 bits per heavy atom. The molecule has 1 fully saturated rings. The predicted octanol–water partition coefficient (Wildman–Crippen LogP) is 10.5. The number of rotatable bonds is 14. The van der Waals surface area contributed by atoms with Gasteiger partial charge in [-0.05, 0) is 61.6 Å². The highest BCUT2D eigenvalue weighted by Crippen LogP contribution is 2.41. The van der Waals surface area contributed by atoms with Gasteiger partial charge < -0.3 is 4.74 Å². The molecule has 0 radical (unpaired) electrons. The van der Waals surface area contributed by atoms with Gasteiger partial charge >= 0.3 is 0 Å². The van der Waals surface area contributed by atoms with Crippen LogP contribution in [0.4, 0.5) is 17.6 Å². The van der Waals surface area contributed by atoms with Crippen LogP contribution in [-0.4, -0.2) is 6.61 Å². The molecule has 0 saturated heterocycles. The molecule has 0 heterocycles. The first-order chi connectivity index (χ1) is 17.5. The largest absolute Gasteiger partial charge is 0.490 e. The molecule has 1 aliphatic rings. The Morgan fingerprint density at radius 1 is 0.639 bits per heavy atom. The monoisotopic (exact) mass is 506 g/mol. The van der Waals surface area contributed by atoms with E-state index in [1.807, 2.05) is 0 Å². The van der Waals surface area contributed by atoms with Gasteiger partial charge in [0.15, 0.2) is 23.2 Å². The smallest absolute Gasteiger partial charge is 0.201 e. The fourth-order valence-electron chi connectivity index (χ4n) is 5.44. The lowest BCUT2D eigenvalue weighted by atomic mass is 9.76. The first-order valence-electron chi connectivity index (χ1n) is 14.1. The van der Waals surface area contributed by atoms with E-state index in [1.165, 1.54) is 63.1 Å². The van der Waals surface area contributed by atoms with E-state index in [-0.39, 0.29) is 22.8 Å². The van der Waals surface area contributed by atoms with Gasteiger partial charge in [-0.2, -0.15) is 4.39 Å². The Morgan fingerprint density at radius 2 is 1.22 bits per heavy atom. The Balaban J connectivity index is 1.62. The van der Waals surface area contributed by atoms with Gasteiger partial charge in [0.25, 0.3) is 0 Å². The van der Waals surface area contributed by atoms with E-state index < -0.39 is 23.3 Å². The molecule has 0 amide bonds. The molecule has 0 atom stereocenters. The third-order valence-corrected chi connectivity index (χ3v) is 7.71. The number of hydrogen-bond donors (Lipinski definition) is 0. The number of ether oxygens (including phenoxy) is 1. The predicted molar refractivity (Wildman–Crippen MR) is 139 cm³/mol. The molecule has 1 nitrogen and oxygen atoms in total. The summed E-state index contributed by atoms with van der Waals surface area (Å²) in [5.74, 6) is -3.99. The summed E-state index contributed by atoms with van der Waals surface area (Å²) in [5.41, 5.74) is -0.203. The quantitative estimate of drug-likeness (QED) is 0.183. The standard InChI is InChI=1S/C31H42F4O/c1-3-5-7-8-9-10-11-21-36-27-20-19-26(30(34)31(27)35)25-18-17-24(28(32)29(25)33)23-15-13-22(14-16-23)12-6-4-2/h17-20,22-23H,3-16,21H2,1-2H3. The Bertz CT molecular complexity index is 950. The molecule has 0 spiro atoms. The zero-order valence-electron chi connectivity index (χ0n) is 22.0.